The monoisotopic (exact) mass is 230 g/mol. The van der Waals surface area contributed by atoms with Gasteiger partial charge >= 0.3 is 0 Å². The summed E-state index contributed by atoms with van der Waals surface area (Å²) < 4.78 is 10.5. The topological polar surface area (TPSA) is 73.6 Å². The lowest BCUT2D eigenvalue weighted by molar-refractivity contribution is -0.126. The van der Waals surface area contributed by atoms with E-state index in [1.165, 1.54) is 0 Å². The molecule has 0 aromatic heterocycles. The third kappa shape index (κ3) is 4.08. The predicted molar refractivity (Wildman–Crippen MR) is 61.0 cm³/mol. The maximum absolute atomic E-state index is 11.7. The molecule has 1 heterocycles. The Morgan fingerprint density at radius 3 is 2.94 bits per heavy atom. The Kier molecular flexibility index (Phi) is 5.18. The van der Waals surface area contributed by atoms with Crippen molar-refractivity contribution in [2.45, 2.75) is 25.8 Å². The maximum Gasteiger partial charge on any atom is 0.242 e. The SMILES string of the molecule is CC(C)COCCNC(=O)C1(N)CCOC1. The summed E-state index contributed by atoms with van der Waals surface area (Å²) >= 11 is 0. The molecule has 1 atom stereocenters. The number of ether oxygens (including phenoxy) is 2. The van der Waals surface area contributed by atoms with Crippen molar-refractivity contribution in [2.75, 3.05) is 33.0 Å². The highest BCUT2D eigenvalue weighted by atomic mass is 16.5. The first-order chi connectivity index (χ1) is 7.54. The van der Waals surface area contributed by atoms with Crippen LogP contribution in [-0.2, 0) is 14.3 Å². The minimum Gasteiger partial charge on any atom is -0.379 e. The number of hydrogen-bond acceptors (Lipinski definition) is 4. The number of carbonyl (C=O) groups excluding carboxylic acids is 1. The molecule has 1 rings (SSSR count). The molecule has 0 aromatic carbocycles. The van der Waals surface area contributed by atoms with E-state index >= 15 is 0 Å². The lowest BCUT2D eigenvalue weighted by Crippen LogP contribution is -2.55. The summed E-state index contributed by atoms with van der Waals surface area (Å²) in [4.78, 5) is 11.7. The van der Waals surface area contributed by atoms with Crippen molar-refractivity contribution in [3.8, 4) is 0 Å². The zero-order chi connectivity index (χ0) is 12.0. The van der Waals surface area contributed by atoms with Crippen molar-refractivity contribution in [1.29, 1.82) is 0 Å². The van der Waals surface area contributed by atoms with E-state index in [0.717, 1.165) is 0 Å². The zero-order valence-corrected chi connectivity index (χ0v) is 10.1. The Balaban J connectivity index is 2.10. The van der Waals surface area contributed by atoms with Crippen LogP contribution in [0.25, 0.3) is 0 Å². The van der Waals surface area contributed by atoms with Gasteiger partial charge < -0.3 is 20.5 Å². The minimum atomic E-state index is -0.835. The molecule has 1 fully saturated rings. The molecule has 0 spiro atoms. The summed E-state index contributed by atoms with van der Waals surface area (Å²) in [5.41, 5.74) is 5.05. The summed E-state index contributed by atoms with van der Waals surface area (Å²) in [5.74, 6) is 0.373. The largest absolute Gasteiger partial charge is 0.379 e. The van der Waals surface area contributed by atoms with Crippen LogP contribution in [0.15, 0.2) is 0 Å². The maximum atomic E-state index is 11.7. The van der Waals surface area contributed by atoms with Gasteiger partial charge in [-0.15, -0.1) is 0 Å². The second-order valence-corrected chi connectivity index (χ2v) is 4.68. The summed E-state index contributed by atoms with van der Waals surface area (Å²) in [6.45, 7) is 6.80. The van der Waals surface area contributed by atoms with Gasteiger partial charge in [-0.2, -0.15) is 0 Å². The number of amides is 1. The van der Waals surface area contributed by atoms with Gasteiger partial charge in [0.1, 0.15) is 5.54 Å². The van der Waals surface area contributed by atoms with Crippen molar-refractivity contribution in [2.24, 2.45) is 11.7 Å². The summed E-state index contributed by atoms with van der Waals surface area (Å²) in [6.07, 6.45) is 0.589. The second kappa shape index (κ2) is 6.18. The van der Waals surface area contributed by atoms with Crippen molar-refractivity contribution < 1.29 is 14.3 Å². The average Bonchev–Trinajstić information content (AvgIpc) is 2.65. The summed E-state index contributed by atoms with van der Waals surface area (Å²) in [6, 6.07) is 0. The molecule has 0 saturated carbocycles. The summed E-state index contributed by atoms with van der Waals surface area (Å²) in [5, 5.41) is 2.77. The Hall–Kier alpha value is -0.650. The number of nitrogens with one attached hydrogen (secondary N) is 1. The van der Waals surface area contributed by atoms with Crippen LogP contribution in [0.3, 0.4) is 0 Å². The number of rotatable bonds is 6. The molecular weight excluding hydrogens is 208 g/mol. The van der Waals surface area contributed by atoms with Crippen LogP contribution >= 0.6 is 0 Å². The Morgan fingerprint density at radius 1 is 1.62 bits per heavy atom. The third-order valence-corrected chi connectivity index (χ3v) is 2.49. The fourth-order valence-electron chi connectivity index (χ4n) is 1.49. The van der Waals surface area contributed by atoms with Crippen LogP contribution in [0.5, 0.6) is 0 Å². The molecule has 94 valence electrons. The van der Waals surface area contributed by atoms with Crippen LogP contribution in [0.2, 0.25) is 0 Å². The fraction of sp³-hybridized carbons (Fsp3) is 0.909. The van der Waals surface area contributed by atoms with Gasteiger partial charge in [-0.1, -0.05) is 13.8 Å². The van der Waals surface area contributed by atoms with Crippen LogP contribution in [0, 0.1) is 5.92 Å². The zero-order valence-electron chi connectivity index (χ0n) is 10.1. The molecule has 0 aromatic rings. The molecule has 0 bridgehead atoms. The van der Waals surface area contributed by atoms with Crippen molar-refractivity contribution >= 4 is 5.91 Å². The van der Waals surface area contributed by atoms with E-state index in [0.29, 0.717) is 45.3 Å². The molecule has 1 amide bonds. The van der Waals surface area contributed by atoms with Crippen molar-refractivity contribution in [3.63, 3.8) is 0 Å². The number of carbonyl (C=O) groups is 1. The van der Waals surface area contributed by atoms with Gasteiger partial charge in [0.15, 0.2) is 0 Å². The third-order valence-electron chi connectivity index (χ3n) is 2.49. The first kappa shape index (κ1) is 13.4. The lowest BCUT2D eigenvalue weighted by atomic mass is 9.99. The molecule has 1 saturated heterocycles. The Morgan fingerprint density at radius 2 is 2.38 bits per heavy atom. The van der Waals surface area contributed by atoms with Crippen molar-refractivity contribution in [3.05, 3.63) is 0 Å². The molecule has 1 aliphatic heterocycles. The highest BCUT2D eigenvalue weighted by molar-refractivity contribution is 5.86. The highest BCUT2D eigenvalue weighted by Crippen LogP contribution is 2.14. The van der Waals surface area contributed by atoms with Crippen LogP contribution in [-0.4, -0.2) is 44.4 Å². The fourth-order valence-corrected chi connectivity index (χ4v) is 1.49. The smallest absolute Gasteiger partial charge is 0.242 e. The number of hydrogen-bond donors (Lipinski definition) is 2. The average molecular weight is 230 g/mol. The van der Waals surface area contributed by atoms with E-state index in [9.17, 15) is 4.79 Å². The van der Waals surface area contributed by atoms with Gasteiger partial charge in [0, 0.05) is 19.8 Å². The number of nitrogens with two attached hydrogens (primary N) is 1. The Bertz CT molecular complexity index is 225. The molecule has 3 N–H and O–H groups in total. The minimum absolute atomic E-state index is 0.141. The molecule has 0 radical (unpaired) electrons. The Labute approximate surface area is 96.7 Å². The predicted octanol–water partition coefficient (Wildman–Crippen LogP) is -0.107. The lowest BCUT2D eigenvalue weighted by Gasteiger charge is -2.20. The molecule has 16 heavy (non-hydrogen) atoms. The van der Waals surface area contributed by atoms with E-state index in [1.54, 1.807) is 0 Å². The van der Waals surface area contributed by atoms with Gasteiger partial charge in [-0.25, -0.2) is 0 Å². The van der Waals surface area contributed by atoms with Gasteiger partial charge in [0.05, 0.1) is 13.2 Å². The molecule has 5 nitrogen and oxygen atoms in total. The first-order valence-electron chi connectivity index (χ1n) is 5.77. The first-order valence-corrected chi connectivity index (χ1v) is 5.77. The van der Waals surface area contributed by atoms with E-state index in [2.05, 4.69) is 19.2 Å². The highest BCUT2D eigenvalue weighted by Gasteiger charge is 2.37. The van der Waals surface area contributed by atoms with Gasteiger partial charge in [-0.3, -0.25) is 4.79 Å². The van der Waals surface area contributed by atoms with E-state index < -0.39 is 5.54 Å². The normalized spacial score (nSPS) is 25.0. The van der Waals surface area contributed by atoms with E-state index in [1.807, 2.05) is 0 Å². The van der Waals surface area contributed by atoms with E-state index in [-0.39, 0.29) is 5.91 Å². The van der Waals surface area contributed by atoms with Crippen LogP contribution < -0.4 is 11.1 Å². The molecule has 1 aliphatic rings. The van der Waals surface area contributed by atoms with Gasteiger partial charge in [0.2, 0.25) is 5.91 Å². The summed E-state index contributed by atoms with van der Waals surface area (Å²) in [7, 11) is 0. The van der Waals surface area contributed by atoms with Gasteiger partial charge in [0.25, 0.3) is 0 Å². The van der Waals surface area contributed by atoms with E-state index in [4.69, 9.17) is 15.2 Å². The van der Waals surface area contributed by atoms with Crippen LogP contribution in [0.1, 0.15) is 20.3 Å². The standard InChI is InChI=1S/C11H22N2O3/c1-9(2)7-15-6-4-13-10(14)11(12)3-5-16-8-11/h9H,3-8,12H2,1-2H3,(H,13,14). The molecule has 1 unspecified atom stereocenters. The molecular formula is C11H22N2O3. The molecule has 0 aliphatic carbocycles. The second-order valence-electron chi connectivity index (χ2n) is 4.68. The van der Waals surface area contributed by atoms with Gasteiger partial charge in [-0.05, 0) is 12.3 Å². The van der Waals surface area contributed by atoms with Crippen molar-refractivity contribution in [1.82, 2.24) is 5.32 Å². The van der Waals surface area contributed by atoms with Crippen LogP contribution in [0.4, 0.5) is 0 Å². The quantitative estimate of drug-likeness (QED) is 0.625. The molecule has 5 heteroatoms.